The molecule has 158 valence electrons. The molecule has 1 aliphatic rings. The molecule has 0 aliphatic carbocycles. The molecule has 9 heteroatoms. The molecule has 0 spiro atoms. The zero-order valence-electron chi connectivity index (χ0n) is 17.0. The van der Waals surface area contributed by atoms with Gasteiger partial charge in [0.1, 0.15) is 17.8 Å². The predicted molar refractivity (Wildman–Crippen MR) is 111 cm³/mol. The summed E-state index contributed by atoms with van der Waals surface area (Å²) in [6.45, 7) is 0.532. The number of nitriles is 1. The average Bonchev–Trinajstić information content (AvgIpc) is 2.95. The molecule has 2 unspecified atom stereocenters. The molecule has 9 nitrogen and oxygen atoms in total. The van der Waals surface area contributed by atoms with E-state index in [2.05, 4.69) is 21.0 Å². The third-order valence-electron chi connectivity index (χ3n) is 5.71. The van der Waals surface area contributed by atoms with E-state index in [0.717, 1.165) is 5.56 Å². The Bertz CT molecular complexity index is 1170. The van der Waals surface area contributed by atoms with Crippen LogP contribution in [-0.2, 0) is 12.6 Å². The second kappa shape index (κ2) is 8.35. The van der Waals surface area contributed by atoms with E-state index in [1.54, 1.807) is 31.4 Å². The van der Waals surface area contributed by atoms with E-state index in [-0.39, 0.29) is 36.7 Å². The van der Waals surface area contributed by atoms with Gasteiger partial charge in [-0.1, -0.05) is 12.1 Å². The van der Waals surface area contributed by atoms with Crippen molar-refractivity contribution in [1.29, 1.82) is 5.26 Å². The van der Waals surface area contributed by atoms with Gasteiger partial charge >= 0.3 is 0 Å². The van der Waals surface area contributed by atoms with Gasteiger partial charge in [0.05, 0.1) is 23.0 Å². The van der Waals surface area contributed by atoms with Crippen molar-refractivity contribution < 1.29 is 10.3 Å². The summed E-state index contributed by atoms with van der Waals surface area (Å²) >= 11 is 0. The van der Waals surface area contributed by atoms with Crippen LogP contribution in [0.2, 0.25) is 0 Å². The number of aromatic nitrogens is 4. The van der Waals surface area contributed by atoms with Crippen molar-refractivity contribution in [2.24, 2.45) is 7.05 Å². The summed E-state index contributed by atoms with van der Waals surface area (Å²) in [5.41, 5.74) is 0.498. The van der Waals surface area contributed by atoms with Crippen molar-refractivity contribution in [1.82, 2.24) is 24.6 Å². The van der Waals surface area contributed by atoms with Crippen LogP contribution in [0.25, 0.3) is 11.4 Å². The van der Waals surface area contributed by atoms with E-state index >= 15 is 0 Å². The number of benzene rings is 1. The summed E-state index contributed by atoms with van der Waals surface area (Å²) < 4.78 is 1.34. The monoisotopic (exact) mass is 418 g/mol. The first-order valence-corrected chi connectivity index (χ1v) is 9.91. The number of nitrogens with zero attached hydrogens (tertiary/aromatic N) is 6. The standard InChI is InChI=1S/C22H22N6O3/c1-27-20(29)10-19(18-6-8-24-14-25-18)26-21(27)22(30)7-9-28(31)13-17(11-22)16-4-2-15(12-23)3-5-16/h2-6,8,10,14,17,30-31H,7,9,11,13H2,1H3. The highest BCUT2D eigenvalue weighted by molar-refractivity contribution is 5.52. The van der Waals surface area contributed by atoms with Crippen molar-refractivity contribution in [2.45, 2.75) is 24.4 Å². The van der Waals surface area contributed by atoms with Gasteiger partial charge < -0.3 is 10.3 Å². The first kappa shape index (κ1) is 20.8. The molecule has 1 fully saturated rings. The zero-order valence-corrected chi connectivity index (χ0v) is 17.0. The number of hydrogen-bond acceptors (Lipinski definition) is 8. The quantitative estimate of drug-likeness (QED) is 0.656. The second-order valence-electron chi connectivity index (χ2n) is 7.79. The van der Waals surface area contributed by atoms with Crippen molar-refractivity contribution >= 4 is 0 Å². The summed E-state index contributed by atoms with van der Waals surface area (Å²) in [6.07, 6.45) is 3.39. The Balaban J connectivity index is 1.77. The van der Waals surface area contributed by atoms with E-state index in [4.69, 9.17) is 5.26 Å². The van der Waals surface area contributed by atoms with Crippen LogP contribution in [0.5, 0.6) is 0 Å². The maximum atomic E-state index is 12.7. The van der Waals surface area contributed by atoms with Gasteiger partial charge in [0.15, 0.2) is 0 Å². The molecule has 2 atom stereocenters. The topological polar surface area (TPSA) is 128 Å². The summed E-state index contributed by atoms with van der Waals surface area (Å²) in [4.78, 5) is 25.3. The molecular weight excluding hydrogens is 396 g/mol. The Morgan fingerprint density at radius 1 is 1.23 bits per heavy atom. The van der Waals surface area contributed by atoms with E-state index in [1.807, 2.05) is 12.1 Å². The molecule has 2 aromatic heterocycles. The SMILES string of the molecule is Cn1c(C2(O)CCN(O)CC(c3ccc(C#N)cc3)C2)nc(-c2ccncn2)cc1=O. The van der Waals surface area contributed by atoms with E-state index in [9.17, 15) is 15.1 Å². The van der Waals surface area contributed by atoms with Crippen LogP contribution in [0.15, 0.2) is 53.7 Å². The Morgan fingerprint density at radius 2 is 2.00 bits per heavy atom. The highest BCUT2D eigenvalue weighted by Gasteiger charge is 2.40. The number of aliphatic hydroxyl groups is 1. The lowest BCUT2D eigenvalue weighted by molar-refractivity contribution is -0.0958. The van der Waals surface area contributed by atoms with Crippen molar-refractivity contribution in [3.63, 3.8) is 0 Å². The van der Waals surface area contributed by atoms with Crippen molar-refractivity contribution in [3.8, 4) is 17.5 Å². The maximum absolute atomic E-state index is 12.7. The molecule has 3 heterocycles. The largest absolute Gasteiger partial charge is 0.382 e. The highest BCUT2D eigenvalue weighted by Crippen LogP contribution is 2.38. The predicted octanol–water partition coefficient (Wildman–Crippen LogP) is 1.57. The Labute approximate surface area is 178 Å². The average molecular weight is 418 g/mol. The molecule has 0 bridgehead atoms. The molecule has 1 aromatic carbocycles. The van der Waals surface area contributed by atoms with Crippen LogP contribution >= 0.6 is 0 Å². The van der Waals surface area contributed by atoms with Gasteiger partial charge in [0.2, 0.25) is 0 Å². The lowest BCUT2D eigenvalue weighted by Gasteiger charge is -2.30. The molecule has 2 N–H and O–H groups in total. The summed E-state index contributed by atoms with van der Waals surface area (Å²) in [5, 5.41) is 32.2. The van der Waals surface area contributed by atoms with Crippen LogP contribution in [0, 0.1) is 11.3 Å². The first-order chi connectivity index (χ1) is 14.9. The Kier molecular flexibility index (Phi) is 5.61. The second-order valence-corrected chi connectivity index (χ2v) is 7.79. The van der Waals surface area contributed by atoms with Gasteiger partial charge in [-0.25, -0.2) is 15.0 Å². The van der Waals surface area contributed by atoms with Gasteiger partial charge in [-0.15, -0.1) is 0 Å². The van der Waals surface area contributed by atoms with Gasteiger partial charge in [0, 0.05) is 38.3 Å². The Hall–Kier alpha value is -3.45. The first-order valence-electron chi connectivity index (χ1n) is 9.91. The molecule has 4 rings (SSSR count). The lowest BCUT2D eigenvalue weighted by atomic mass is 9.84. The minimum atomic E-state index is -1.45. The van der Waals surface area contributed by atoms with Crippen molar-refractivity contribution in [2.75, 3.05) is 13.1 Å². The van der Waals surface area contributed by atoms with Crippen LogP contribution in [-0.4, -0.2) is 48.0 Å². The van der Waals surface area contributed by atoms with E-state index < -0.39 is 5.60 Å². The normalized spacial score (nSPS) is 21.9. The fourth-order valence-corrected chi connectivity index (χ4v) is 4.02. The number of hydrogen-bond donors (Lipinski definition) is 2. The van der Waals surface area contributed by atoms with Crippen LogP contribution < -0.4 is 5.56 Å². The molecular formula is C22H22N6O3. The fourth-order valence-electron chi connectivity index (χ4n) is 4.02. The molecule has 1 aliphatic heterocycles. The Morgan fingerprint density at radius 3 is 2.68 bits per heavy atom. The van der Waals surface area contributed by atoms with Gasteiger partial charge in [-0.3, -0.25) is 9.36 Å². The molecule has 3 aromatic rings. The molecule has 31 heavy (non-hydrogen) atoms. The molecule has 0 saturated carbocycles. The van der Waals surface area contributed by atoms with Crippen LogP contribution in [0.1, 0.15) is 35.7 Å². The summed E-state index contributed by atoms with van der Waals surface area (Å²) in [6, 6.07) is 12.2. The third-order valence-corrected chi connectivity index (χ3v) is 5.71. The minimum absolute atomic E-state index is 0.198. The molecule has 1 saturated heterocycles. The van der Waals surface area contributed by atoms with Gasteiger partial charge in [-0.05, 0) is 36.6 Å². The lowest BCUT2D eigenvalue weighted by Crippen LogP contribution is -2.37. The summed E-state index contributed by atoms with van der Waals surface area (Å²) in [5.74, 6) is -0.00703. The number of hydroxylamine groups is 2. The van der Waals surface area contributed by atoms with Crippen LogP contribution in [0.4, 0.5) is 0 Å². The van der Waals surface area contributed by atoms with Crippen molar-refractivity contribution in [3.05, 3.63) is 76.2 Å². The van der Waals surface area contributed by atoms with Crippen LogP contribution in [0.3, 0.4) is 0 Å². The van der Waals surface area contributed by atoms with E-state index in [1.165, 1.54) is 22.0 Å². The minimum Gasteiger partial charge on any atom is -0.382 e. The third kappa shape index (κ3) is 4.22. The highest BCUT2D eigenvalue weighted by atomic mass is 16.5. The molecule has 0 radical (unpaired) electrons. The van der Waals surface area contributed by atoms with E-state index in [0.29, 0.717) is 23.5 Å². The maximum Gasteiger partial charge on any atom is 0.253 e. The van der Waals surface area contributed by atoms with Gasteiger partial charge in [-0.2, -0.15) is 10.3 Å². The zero-order chi connectivity index (χ0) is 22.0. The molecule has 0 amide bonds. The summed E-state index contributed by atoms with van der Waals surface area (Å²) in [7, 11) is 1.57. The fraction of sp³-hybridized carbons (Fsp3) is 0.318. The smallest absolute Gasteiger partial charge is 0.253 e. The number of rotatable bonds is 3. The van der Waals surface area contributed by atoms with Gasteiger partial charge in [0.25, 0.3) is 5.56 Å².